The van der Waals surface area contributed by atoms with Gasteiger partial charge < -0.3 is 14.6 Å². The number of aromatic amines is 1. The van der Waals surface area contributed by atoms with Crippen LogP contribution in [0.5, 0.6) is 5.75 Å². The van der Waals surface area contributed by atoms with Crippen LogP contribution >= 0.6 is 11.8 Å². The topological polar surface area (TPSA) is 106 Å². The summed E-state index contributed by atoms with van der Waals surface area (Å²) in [6.45, 7) is 1.84. The van der Waals surface area contributed by atoms with Crippen LogP contribution in [0.15, 0.2) is 64.3 Å². The van der Waals surface area contributed by atoms with Gasteiger partial charge in [-0.3, -0.25) is 9.89 Å². The average Bonchev–Trinajstić information content (AvgIpc) is 3.41. The standard InChI is InChI=1S/C21H19N5O3S/c1-13-10-14(26-29-13)12-30-21-16(7-5-9-22-21)20(27)23-19-11-17(24-25-19)15-6-3-4-8-18(15)28-2/h3-11H,12H2,1-2H3,(H2,23,24,25,27). The molecule has 3 heterocycles. The molecule has 0 bridgehead atoms. The molecule has 30 heavy (non-hydrogen) atoms. The molecule has 0 radical (unpaired) electrons. The van der Waals surface area contributed by atoms with E-state index in [-0.39, 0.29) is 5.91 Å². The maximum absolute atomic E-state index is 12.8. The number of benzene rings is 1. The summed E-state index contributed by atoms with van der Waals surface area (Å²) in [7, 11) is 1.61. The number of hydrogen-bond acceptors (Lipinski definition) is 7. The van der Waals surface area contributed by atoms with Gasteiger partial charge in [-0.25, -0.2) is 4.98 Å². The molecule has 0 saturated heterocycles. The first kappa shape index (κ1) is 19.7. The van der Waals surface area contributed by atoms with Gasteiger partial charge in [0.05, 0.1) is 24.1 Å². The summed E-state index contributed by atoms with van der Waals surface area (Å²) in [4.78, 5) is 17.2. The molecule has 0 aliphatic rings. The number of nitrogens with one attached hydrogen (secondary N) is 2. The maximum Gasteiger partial charge on any atom is 0.259 e. The van der Waals surface area contributed by atoms with Gasteiger partial charge in [0.25, 0.3) is 5.91 Å². The number of carbonyl (C=O) groups excluding carboxylic acids is 1. The SMILES string of the molecule is COc1ccccc1-c1cc(NC(=O)c2cccnc2SCc2cc(C)on2)n[nH]1. The quantitative estimate of drug-likeness (QED) is 0.428. The average molecular weight is 421 g/mol. The number of rotatable bonds is 7. The number of hydrogen-bond donors (Lipinski definition) is 2. The van der Waals surface area contributed by atoms with E-state index in [0.29, 0.717) is 27.9 Å². The fourth-order valence-electron chi connectivity index (χ4n) is 2.88. The summed E-state index contributed by atoms with van der Waals surface area (Å²) in [5.41, 5.74) is 2.85. The lowest BCUT2D eigenvalue weighted by molar-refractivity contribution is 0.102. The highest BCUT2D eigenvalue weighted by Crippen LogP contribution is 2.30. The normalized spacial score (nSPS) is 10.7. The predicted molar refractivity (Wildman–Crippen MR) is 114 cm³/mol. The Morgan fingerprint density at radius 2 is 2.10 bits per heavy atom. The third-order valence-electron chi connectivity index (χ3n) is 4.27. The van der Waals surface area contributed by atoms with Crippen LogP contribution in [0.4, 0.5) is 5.82 Å². The second kappa shape index (κ2) is 8.83. The van der Waals surface area contributed by atoms with Crippen LogP contribution in [-0.4, -0.2) is 33.4 Å². The number of ether oxygens (including phenoxy) is 1. The Balaban J connectivity index is 1.49. The Labute approximate surface area is 177 Å². The van der Waals surface area contributed by atoms with E-state index < -0.39 is 0 Å². The molecule has 0 saturated carbocycles. The van der Waals surface area contributed by atoms with Crippen molar-refractivity contribution in [1.82, 2.24) is 20.3 Å². The highest BCUT2D eigenvalue weighted by atomic mass is 32.2. The molecule has 4 rings (SSSR count). The number of carbonyl (C=O) groups is 1. The van der Waals surface area contributed by atoms with Gasteiger partial charge in [-0.1, -0.05) is 29.1 Å². The fraction of sp³-hybridized carbons (Fsp3) is 0.143. The van der Waals surface area contributed by atoms with Crippen molar-refractivity contribution in [3.63, 3.8) is 0 Å². The number of aryl methyl sites for hydroxylation is 1. The van der Waals surface area contributed by atoms with Crippen LogP contribution in [0.2, 0.25) is 0 Å². The minimum Gasteiger partial charge on any atom is -0.496 e. The Hall–Kier alpha value is -3.59. The molecule has 0 atom stereocenters. The van der Waals surface area contributed by atoms with Crippen molar-refractivity contribution in [3.8, 4) is 17.0 Å². The van der Waals surface area contributed by atoms with Gasteiger partial charge in [-0.05, 0) is 31.2 Å². The van der Waals surface area contributed by atoms with Crippen LogP contribution in [0.1, 0.15) is 21.8 Å². The molecule has 1 amide bonds. The Kier molecular flexibility index (Phi) is 5.80. The van der Waals surface area contributed by atoms with Crippen LogP contribution in [-0.2, 0) is 5.75 Å². The zero-order valence-electron chi connectivity index (χ0n) is 16.4. The Morgan fingerprint density at radius 1 is 1.23 bits per heavy atom. The van der Waals surface area contributed by atoms with Gasteiger partial charge in [0.1, 0.15) is 16.5 Å². The number of para-hydroxylation sites is 1. The van der Waals surface area contributed by atoms with E-state index in [1.165, 1.54) is 11.8 Å². The number of nitrogens with zero attached hydrogens (tertiary/aromatic N) is 3. The highest BCUT2D eigenvalue weighted by molar-refractivity contribution is 7.98. The van der Waals surface area contributed by atoms with Crippen molar-refractivity contribution in [2.45, 2.75) is 17.7 Å². The Morgan fingerprint density at radius 3 is 2.90 bits per heavy atom. The van der Waals surface area contributed by atoms with E-state index in [2.05, 4.69) is 25.7 Å². The van der Waals surface area contributed by atoms with E-state index >= 15 is 0 Å². The van der Waals surface area contributed by atoms with Crippen molar-refractivity contribution >= 4 is 23.5 Å². The molecule has 0 fully saturated rings. The molecule has 0 spiro atoms. The van der Waals surface area contributed by atoms with E-state index in [4.69, 9.17) is 9.26 Å². The van der Waals surface area contributed by atoms with Gasteiger partial charge in [0.15, 0.2) is 5.82 Å². The number of amides is 1. The van der Waals surface area contributed by atoms with Crippen LogP contribution in [0, 0.1) is 6.92 Å². The number of H-pyrrole nitrogens is 1. The Bertz CT molecular complexity index is 1170. The summed E-state index contributed by atoms with van der Waals surface area (Å²) >= 11 is 1.42. The third-order valence-corrected chi connectivity index (χ3v) is 5.30. The molecule has 2 N–H and O–H groups in total. The minimum absolute atomic E-state index is 0.292. The molecule has 9 heteroatoms. The van der Waals surface area contributed by atoms with Gasteiger partial charge in [-0.15, -0.1) is 0 Å². The first-order chi connectivity index (χ1) is 14.6. The van der Waals surface area contributed by atoms with Crippen LogP contribution in [0.25, 0.3) is 11.3 Å². The van der Waals surface area contributed by atoms with Crippen molar-refractivity contribution in [2.24, 2.45) is 0 Å². The molecule has 0 aliphatic carbocycles. The molecule has 3 aromatic heterocycles. The summed E-state index contributed by atoms with van der Waals surface area (Å²) in [6.07, 6.45) is 1.65. The molecule has 1 aromatic carbocycles. The summed E-state index contributed by atoms with van der Waals surface area (Å²) in [6, 6.07) is 14.7. The molecular weight excluding hydrogens is 402 g/mol. The summed E-state index contributed by atoms with van der Waals surface area (Å²) in [5.74, 6) is 2.13. The van der Waals surface area contributed by atoms with E-state index in [0.717, 1.165) is 22.7 Å². The first-order valence-electron chi connectivity index (χ1n) is 9.14. The second-order valence-electron chi connectivity index (χ2n) is 6.39. The summed E-state index contributed by atoms with van der Waals surface area (Å²) in [5, 5.41) is 14.5. The molecular formula is C21H19N5O3S. The number of methoxy groups -OCH3 is 1. The van der Waals surface area contributed by atoms with Crippen molar-refractivity contribution < 1.29 is 14.1 Å². The summed E-state index contributed by atoms with van der Waals surface area (Å²) < 4.78 is 10.5. The van der Waals surface area contributed by atoms with E-state index in [9.17, 15) is 4.79 Å². The fourth-order valence-corrected chi connectivity index (χ4v) is 3.75. The van der Waals surface area contributed by atoms with E-state index in [1.54, 1.807) is 31.5 Å². The van der Waals surface area contributed by atoms with Gasteiger partial charge in [-0.2, -0.15) is 5.10 Å². The van der Waals surface area contributed by atoms with Crippen molar-refractivity contribution in [3.05, 3.63) is 71.7 Å². The largest absolute Gasteiger partial charge is 0.496 e. The zero-order valence-corrected chi connectivity index (χ0v) is 17.2. The lowest BCUT2D eigenvalue weighted by Crippen LogP contribution is -2.14. The number of pyridine rings is 1. The molecule has 8 nitrogen and oxygen atoms in total. The van der Waals surface area contributed by atoms with Crippen molar-refractivity contribution in [2.75, 3.05) is 12.4 Å². The first-order valence-corrected chi connectivity index (χ1v) is 10.1. The number of aromatic nitrogens is 4. The zero-order chi connectivity index (χ0) is 20.9. The predicted octanol–water partition coefficient (Wildman–Crippen LogP) is 4.32. The highest BCUT2D eigenvalue weighted by Gasteiger charge is 2.16. The van der Waals surface area contributed by atoms with Crippen LogP contribution in [0.3, 0.4) is 0 Å². The molecule has 152 valence electrons. The second-order valence-corrected chi connectivity index (χ2v) is 7.36. The van der Waals surface area contributed by atoms with E-state index in [1.807, 2.05) is 37.3 Å². The third kappa shape index (κ3) is 4.36. The molecule has 4 aromatic rings. The number of anilines is 1. The number of thioether (sulfide) groups is 1. The van der Waals surface area contributed by atoms with Gasteiger partial charge in [0.2, 0.25) is 0 Å². The van der Waals surface area contributed by atoms with Crippen LogP contribution < -0.4 is 10.1 Å². The lowest BCUT2D eigenvalue weighted by Gasteiger charge is -2.07. The molecule has 0 unspecified atom stereocenters. The monoisotopic (exact) mass is 421 g/mol. The smallest absolute Gasteiger partial charge is 0.259 e. The molecule has 0 aliphatic heterocycles. The lowest BCUT2D eigenvalue weighted by atomic mass is 10.1. The van der Waals surface area contributed by atoms with Gasteiger partial charge in [0, 0.05) is 29.6 Å². The maximum atomic E-state index is 12.8. The minimum atomic E-state index is -0.292. The van der Waals surface area contributed by atoms with Gasteiger partial charge >= 0.3 is 0 Å². The van der Waals surface area contributed by atoms with Crippen molar-refractivity contribution in [1.29, 1.82) is 0 Å².